The monoisotopic (exact) mass is 460 g/mol. The number of rotatable bonds is 7. The lowest BCUT2D eigenvalue weighted by atomic mass is 9.99. The van der Waals surface area contributed by atoms with Crippen LogP contribution in [0.15, 0.2) is 60.8 Å². The van der Waals surface area contributed by atoms with Crippen LogP contribution in [0.5, 0.6) is 5.75 Å². The second-order valence-corrected chi connectivity index (χ2v) is 9.03. The Balaban J connectivity index is 1.32. The van der Waals surface area contributed by atoms with E-state index >= 15 is 0 Å². The van der Waals surface area contributed by atoms with Gasteiger partial charge in [0, 0.05) is 34.4 Å². The molecule has 2 N–H and O–H groups in total. The van der Waals surface area contributed by atoms with E-state index in [1.807, 2.05) is 67.7 Å². The topological polar surface area (TPSA) is 54.4 Å². The van der Waals surface area contributed by atoms with Crippen molar-refractivity contribution < 1.29 is 9.84 Å². The highest BCUT2D eigenvalue weighted by molar-refractivity contribution is 6.30. The van der Waals surface area contributed by atoms with Gasteiger partial charge >= 0.3 is 0 Å². The van der Waals surface area contributed by atoms with E-state index in [2.05, 4.69) is 22.1 Å². The Morgan fingerprint density at radius 1 is 1.03 bits per heavy atom. The zero-order chi connectivity index (χ0) is 23.1. The van der Waals surface area contributed by atoms with E-state index in [0.29, 0.717) is 6.61 Å². The quantitative estimate of drug-likeness (QED) is 0.367. The molecule has 0 unspecified atom stereocenters. The number of nitrogens with one attached hydrogen (secondary N) is 1. The van der Waals surface area contributed by atoms with Crippen LogP contribution < -0.4 is 10.1 Å². The van der Waals surface area contributed by atoms with Crippen molar-refractivity contribution in [1.29, 1.82) is 0 Å². The third-order valence-corrected chi connectivity index (χ3v) is 6.43. The van der Waals surface area contributed by atoms with Gasteiger partial charge in [-0.05, 0) is 73.2 Å². The molecule has 0 spiro atoms. The average Bonchev–Trinajstić information content (AvgIpc) is 3.32. The second-order valence-electron chi connectivity index (χ2n) is 8.59. The smallest absolute Gasteiger partial charge is 0.122 e. The largest absolute Gasteiger partial charge is 0.492 e. The van der Waals surface area contributed by atoms with E-state index in [1.165, 1.54) is 12.8 Å². The van der Waals surface area contributed by atoms with Crippen molar-refractivity contribution >= 4 is 11.6 Å². The molecule has 3 aromatic rings. The molecule has 0 radical (unpaired) electrons. The van der Waals surface area contributed by atoms with Crippen molar-refractivity contribution in [3.63, 3.8) is 0 Å². The molecule has 1 fully saturated rings. The zero-order valence-electron chi connectivity index (χ0n) is 18.9. The zero-order valence-corrected chi connectivity index (χ0v) is 19.7. The van der Waals surface area contributed by atoms with Crippen molar-refractivity contribution in [3.8, 4) is 28.7 Å². The first-order valence-electron chi connectivity index (χ1n) is 11.4. The first kappa shape index (κ1) is 23.3. The van der Waals surface area contributed by atoms with Gasteiger partial charge in [0.1, 0.15) is 18.1 Å². The minimum absolute atomic E-state index is 0.112. The van der Waals surface area contributed by atoms with Gasteiger partial charge in [-0.3, -0.25) is 0 Å². The number of aliphatic hydroxyl groups is 1. The average molecular weight is 461 g/mol. The van der Waals surface area contributed by atoms with Crippen molar-refractivity contribution in [3.05, 3.63) is 82.6 Å². The molecule has 0 bridgehead atoms. The highest BCUT2D eigenvalue weighted by atomic mass is 35.5. The maximum atomic E-state index is 9.69. The van der Waals surface area contributed by atoms with Gasteiger partial charge in [0.15, 0.2) is 0 Å². The molecule has 2 aromatic carbocycles. The van der Waals surface area contributed by atoms with Gasteiger partial charge < -0.3 is 15.2 Å². The second kappa shape index (κ2) is 10.9. The summed E-state index contributed by atoms with van der Waals surface area (Å²) in [5.41, 5.74) is 4.68. The molecule has 1 aliphatic rings. The number of nitrogens with zero attached hydrogens (tertiary/aromatic N) is 1. The van der Waals surface area contributed by atoms with Gasteiger partial charge in [0.2, 0.25) is 0 Å². The third kappa shape index (κ3) is 6.15. The van der Waals surface area contributed by atoms with Crippen LogP contribution in [0, 0.1) is 18.8 Å². The molecule has 33 heavy (non-hydrogen) atoms. The van der Waals surface area contributed by atoms with Crippen LogP contribution in [0.2, 0.25) is 5.02 Å². The predicted molar refractivity (Wildman–Crippen MR) is 134 cm³/mol. The summed E-state index contributed by atoms with van der Waals surface area (Å²) in [6.07, 6.45) is 6.26. The molecular weight excluding hydrogens is 432 g/mol. The van der Waals surface area contributed by atoms with Crippen LogP contribution in [0.3, 0.4) is 0 Å². The number of ether oxygens (including phenoxy) is 1. The Labute approximate surface area is 201 Å². The summed E-state index contributed by atoms with van der Waals surface area (Å²) in [5, 5.41) is 13.9. The fraction of sp³-hybridized carbons (Fsp3) is 0.321. The molecule has 170 valence electrons. The molecule has 1 heterocycles. The summed E-state index contributed by atoms with van der Waals surface area (Å²) in [5.74, 6) is 7.18. The Bertz CT molecular complexity index is 1130. The number of hydrogen-bond donors (Lipinski definition) is 2. The lowest BCUT2D eigenvalue weighted by Crippen LogP contribution is -2.47. The fourth-order valence-electron chi connectivity index (χ4n) is 4.23. The molecule has 1 aliphatic carbocycles. The number of halogens is 1. The van der Waals surface area contributed by atoms with E-state index in [4.69, 9.17) is 16.3 Å². The van der Waals surface area contributed by atoms with Gasteiger partial charge in [-0.25, -0.2) is 4.98 Å². The maximum Gasteiger partial charge on any atom is 0.122 e. The lowest BCUT2D eigenvalue weighted by Gasteiger charge is -2.28. The van der Waals surface area contributed by atoms with E-state index in [9.17, 15) is 5.11 Å². The van der Waals surface area contributed by atoms with E-state index < -0.39 is 0 Å². The molecule has 5 heteroatoms. The molecule has 4 rings (SSSR count). The Morgan fingerprint density at radius 3 is 2.45 bits per heavy atom. The predicted octanol–water partition coefficient (Wildman–Crippen LogP) is 5.38. The van der Waals surface area contributed by atoms with Crippen molar-refractivity contribution in [2.24, 2.45) is 0 Å². The van der Waals surface area contributed by atoms with E-state index in [1.54, 1.807) is 0 Å². The number of aryl methyl sites for hydroxylation is 1. The molecule has 4 nitrogen and oxygen atoms in total. The van der Waals surface area contributed by atoms with Gasteiger partial charge in [-0.2, -0.15) is 0 Å². The molecule has 0 amide bonds. The molecule has 1 saturated carbocycles. The summed E-state index contributed by atoms with van der Waals surface area (Å²) in [7, 11) is 0. The van der Waals surface area contributed by atoms with Crippen molar-refractivity contribution in [1.82, 2.24) is 10.3 Å². The summed E-state index contributed by atoms with van der Waals surface area (Å²) in [4.78, 5) is 4.47. The number of benzene rings is 2. The first-order valence-corrected chi connectivity index (χ1v) is 11.8. The van der Waals surface area contributed by atoms with Gasteiger partial charge in [-0.15, -0.1) is 0 Å². The van der Waals surface area contributed by atoms with Gasteiger partial charge in [-0.1, -0.05) is 48.6 Å². The molecular formula is C28H29ClN2O2. The van der Waals surface area contributed by atoms with Crippen LogP contribution >= 0.6 is 11.6 Å². The van der Waals surface area contributed by atoms with Crippen molar-refractivity contribution in [2.75, 3.05) is 19.8 Å². The molecule has 0 atom stereocenters. The third-order valence-electron chi connectivity index (χ3n) is 6.17. The number of aliphatic hydroxyl groups excluding tert-OH is 1. The summed E-state index contributed by atoms with van der Waals surface area (Å²) in [6, 6.07) is 17.6. The summed E-state index contributed by atoms with van der Waals surface area (Å²) >= 11 is 5.96. The maximum absolute atomic E-state index is 9.69. The van der Waals surface area contributed by atoms with Crippen LogP contribution in [-0.4, -0.2) is 35.4 Å². The number of aromatic nitrogens is 1. The Kier molecular flexibility index (Phi) is 7.67. The minimum Gasteiger partial charge on any atom is -0.492 e. The molecule has 0 aliphatic heterocycles. The molecule has 1 aromatic heterocycles. The van der Waals surface area contributed by atoms with Crippen molar-refractivity contribution in [2.45, 2.75) is 38.1 Å². The normalized spacial score (nSPS) is 14.5. The van der Waals surface area contributed by atoms with Crippen LogP contribution in [-0.2, 0) is 0 Å². The highest BCUT2D eigenvalue weighted by Gasteiger charge is 2.32. The number of pyridine rings is 1. The molecule has 0 saturated heterocycles. The highest BCUT2D eigenvalue weighted by Crippen LogP contribution is 2.29. The minimum atomic E-state index is -0.112. The van der Waals surface area contributed by atoms with Gasteiger partial charge in [0.05, 0.1) is 6.61 Å². The summed E-state index contributed by atoms with van der Waals surface area (Å²) < 4.78 is 5.95. The Morgan fingerprint density at radius 2 is 1.79 bits per heavy atom. The Hall–Kier alpha value is -2.84. The van der Waals surface area contributed by atoms with Gasteiger partial charge in [0.25, 0.3) is 0 Å². The van der Waals surface area contributed by atoms with E-state index in [-0.39, 0.29) is 12.1 Å². The van der Waals surface area contributed by atoms with Crippen LogP contribution in [0.4, 0.5) is 0 Å². The summed E-state index contributed by atoms with van der Waals surface area (Å²) in [6.45, 7) is 3.51. The fourth-order valence-corrected chi connectivity index (χ4v) is 4.35. The lowest BCUT2D eigenvalue weighted by molar-refractivity contribution is 0.157. The van der Waals surface area contributed by atoms with Crippen LogP contribution in [0.1, 0.15) is 42.5 Å². The SMILES string of the molecule is Cc1cc(C#Cc2ccc(-c3ccc(Cl)cc3)cn2)ccc1OCCNC1(CO)CCCC1. The number of hydrogen-bond acceptors (Lipinski definition) is 4. The van der Waals surface area contributed by atoms with E-state index in [0.717, 1.165) is 58.1 Å². The van der Waals surface area contributed by atoms with Crippen LogP contribution in [0.25, 0.3) is 11.1 Å². The standard InChI is InChI=1S/C28H29ClN2O2/c1-21-18-22(5-13-27(21)33-17-16-31-28(20-32)14-2-3-15-28)4-11-26-12-8-24(19-30-26)23-6-9-25(29)10-7-23/h5-10,12-13,18-19,31-32H,2-3,14-17,20H2,1H3. The first-order chi connectivity index (χ1) is 16.1.